The molecule has 17 heavy (non-hydrogen) atoms. The largest absolute Gasteiger partial charge is 0.469 e. The topological polar surface area (TPSA) is 38.3 Å². The van der Waals surface area contributed by atoms with Crippen molar-refractivity contribution in [3.8, 4) is 0 Å². The molecule has 2 atom stereocenters. The van der Waals surface area contributed by atoms with Crippen LogP contribution in [0.15, 0.2) is 30.3 Å². The second-order valence-electron chi connectivity index (χ2n) is 4.18. The molecule has 1 aromatic rings. The summed E-state index contributed by atoms with van der Waals surface area (Å²) < 4.78 is 4.69. The van der Waals surface area contributed by atoms with Crippen LogP contribution in [0.25, 0.3) is 0 Å². The minimum absolute atomic E-state index is 0.162. The lowest BCUT2D eigenvalue weighted by Crippen LogP contribution is -2.33. The molecule has 0 unspecified atom stereocenters. The van der Waals surface area contributed by atoms with Crippen molar-refractivity contribution in [2.75, 3.05) is 7.11 Å². The van der Waals surface area contributed by atoms with E-state index in [1.165, 1.54) is 12.7 Å². The Bertz CT molecular complexity index is 337. The van der Waals surface area contributed by atoms with Gasteiger partial charge in [-0.2, -0.15) is 0 Å². The van der Waals surface area contributed by atoms with Gasteiger partial charge in [-0.25, -0.2) is 0 Å². The van der Waals surface area contributed by atoms with Gasteiger partial charge in [0.1, 0.15) is 0 Å². The van der Waals surface area contributed by atoms with E-state index in [0.717, 1.165) is 6.42 Å². The summed E-state index contributed by atoms with van der Waals surface area (Å²) in [5.74, 6) is -0.162. The van der Waals surface area contributed by atoms with Crippen LogP contribution in [0, 0.1) is 0 Å². The summed E-state index contributed by atoms with van der Waals surface area (Å²) in [4.78, 5) is 11.2. The highest BCUT2D eigenvalue weighted by Gasteiger charge is 2.15. The second kappa shape index (κ2) is 7.07. The second-order valence-corrected chi connectivity index (χ2v) is 4.18. The van der Waals surface area contributed by atoms with Crippen LogP contribution in [0.3, 0.4) is 0 Å². The summed E-state index contributed by atoms with van der Waals surface area (Å²) in [5, 5.41) is 3.45. The van der Waals surface area contributed by atoms with Gasteiger partial charge in [0.05, 0.1) is 13.5 Å². The Balaban J connectivity index is 2.53. The molecule has 3 nitrogen and oxygen atoms in total. The van der Waals surface area contributed by atoms with E-state index in [4.69, 9.17) is 4.74 Å². The summed E-state index contributed by atoms with van der Waals surface area (Å²) in [6.07, 6.45) is 1.33. The van der Waals surface area contributed by atoms with Gasteiger partial charge >= 0.3 is 5.97 Å². The standard InChI is InChI=1S/C14H21NO2/c1-4-13(10-14(16)17-3)15-11(2)12-8-6-5-7-9-12/h5-9,11,13,15H,4,10H2,1-3H3/t11-,13-/m0/s1. The Morgan fingerprint density at radius 3 is 2.53 bits per heavy atom. The smallest absolute Gasteiger partial charge is 0.307 e. The molecule has 0 aliphatic carbocycles. The number of rotatable bonds is 6. The fourth-order valence-electron chi connectivity index (χ4n) is 1.80. The Kier molecular flexibility index (Phi) is 5.70. The third-order valence-electron chi connectivity index (χ3n) is 2.92. The maximum atomic E-state index is 11.2. The molecule has 1 N–H and O–H groups in total. The van der Waals surface area contributed by atoms with E-state index >= 15 is 0 Å². The molecule has 0 spiro atoms. The molecule has 0 bridgehead atoms. The number of nitrogens with one attached hydrogen (secondary N) is 1. The van der Waals surface area contributed by atoms with Crippen molar-refractivity contribution in [3.63, 3.8) is 0 Å². The molecule has 1 aromatic carbocycles. The molecule has 0 aliphatic rings. The lowest BCUT2D eigenvalue weighted by molar-refractivity contribution is -0.141. The zero-order chi connectivity index (χ0) is 12.7. The molecule has 0 aliphatic heterocycles. The Morgan fingerprint density at radius 2 is 2.00 bits per heavy atom. The van der Waals surface area contributed by atoms with Gasteiger partial charge in [-0.1, -0.05) is 37.3 Å². The first-order chi connectivity index (χ1) is 8.17. The minimum Gasteiger partial charge on any atom is -0.469 e. The molecule has 0 fully saturated rings. The highest BCUT2D eigenvalue weighted by Crippen LogP contribution is 2.14. The SMILES string of the molecule is CC[C@@H](CC(=O)OC)N[C@@H](C)c1ccccc1. The highest BCUT2D eigenvalue weighted by molar-refractivity contribution is 5.69. The summed E-state index contributed by atoms with van der Waals surface area (Å²) in [6, 6.07) is 10.6. The summed E-state index contributed by atoms with van der Waals surface area (Å²) in [7, 11) is 1.43. The molecule has 0 saturated heterocycles. The Labute approximate surface area is 103 Å². The van der Waals surface area contributed by atoms with Crippen LogP contribution >= 0.6 is 0 Å². The quantitative estimate of drug-likeness (QED) is 0.770. The minimum atomic E-state index is -0.162. The van der Waals surface area contributed by atoms with Crippen molar-refractivity contribution in [1.82, 2.24) is 5.32 Å². The lowest BCUT2D eigenvalue weighted by atomic mass is 10.1. The van der Waals surface area contributed by atoms with Gasteiger partial charge in [0, 0.05) is 12.1 Å². The van der Waals surface area contributed by atoms with Gasteiger partial charge in [0.25, 0.3) is 0 Å². The monoisotopic (exact) mass is 235 g/mol. The fraction of sp³-hybridized carbons (Fsp3) is 0.500. The average Bonchev–Trinajstić information content (AvgIpc) is 2.38. The predicted molar refractivity (Wildman–Crippen MR) is 68.7 cm³/mol. The summed E-state index contributed by atoms with van der Waals surface area (Å²) in [5.41, 5.74) is 1.23. The number of benzene rings is 1. The molecule has 1 rings (SSSR count). The number of hydrogen-bond donors (Lipinski definition) is 1. The predicted octanol–water partition coefficient (Wildman–Crippen LogP) is 2.68. The third-order valence-corrected chi connectivity index (χ3v) is 2.92. The van der Waals surface area contributed by atoms with E-state index < -0.39 is 0 Å². The van der Waals surface area contributed by atoms with E-state index in [1.54, 1.807) is 0 Å². The number of methoxy groups -OCH3 is 1. The van der Waals surface area contributed by atoms with E-state index in [0.29, 0.717) is 6.42 Å². The van der Waals surface area contributed by atoms with Gasteiger partial charge in [0.15, 0.2) is 0 Å². The van der Waals surface area contributed by atoms with Crippen LogP contribution in [0.4, 0.5) is 0 Å². The third kappa shape index (κ3) is 4.57. The van der Waals surface area contributed by atoms with Crippen LogP contribution in [0.2, 0.25) is 0 Å². The molecule has 0 saturated carbocycles. The number of esters is 1. The highest BCUT2D eigenvalue weighted by atomic mass is 16.5. The van der Waals surface area contributed by atoms with Gasteiger partial charge < -0.3 is 10.1 Å². The number of carbonyl (C=O) groups is 1. The molecule has 0 radical (unpaired) electrons. The summed E-state index contributed by atoms with van der Waals surface area (Å²) >= 11 is 0. The van der Waals surface area contributed by atoms with Gasteiger partial charge in [-0.05, 0) is 18.9 Å². The lowest BCUT2D eigenvalue weighted by Gasteiger charge is -2.21. The van der Waals surface area contributed by atoms with Gasteiger partial charge in [0.2, 0.25) is 0 Å². The maximum Gasteiger partial charge on any atom is 0.307 e. The zero-order valence-corrected chi connectivity index (χ0v) is 10.8. The molecule has 0 heterocycles. The molecular weight excluding hydrogens is 214 g/mol. The summed E-state index contributed by atoms with van der Waals surface area (Å²) in [6.45, 7) is 4.17. The Hall–Kier alpha value is -1.35. The van der Waals surface area contributed by atoms with Gasteiger partial charge in [-0.15, -0.1) is 0 Å². The van der Waals surface area contributed by atoms with E-state index in [-0.39, 0.29) is 18.1 Å². The molecule has 0 amide bonds. The van der Waals surface area contributed by atoms with E-state index in [2.05, 4.69) is 31.3 Å². The maximum absolute atomic E-state index is 11.2. The van der Waals surface area contributed by atoms with Crippen molar-refractivity contribution >= 4 is 5.97 Å². The first kappa shape index (κ1) is 13.7. The molecule has 0 aromatic heterocycles. The number of hydrogen-bond acceptors (Lipinski definition) is 3. The number of ether oxygens (including phenoxy) is 1. The van der Waals surface area contributed by atoms with Crippen LogP contribution < -0.4 is 5.32 Å². The van der Waals surface area contributed by atoms with Gasteiger partial charge in [-0.3, -0.25) is 4.79 Å². The van der Waals surface area contributed by atoms with Crippen molar-refractivity contribution in [1.29, 1.82) is 0 Å². The zero-order valence-electron chi connectivity index (χ0n) is 10.8. The fourth-order valence-corrected chi connectivity index (χ4v) is 1.80. The van der Waals surface area contributed by atoms with Crippen molar-refractivity contribution in [2.24, 2.45) is 0 Å². The van der Waals surface area contributed by atoms with Crippen LogP contribution in [-0.2, 0) is 9.53 Å². The van der Waals surface area contributed by atoms with Crippen LogP contribution in [0.1, 0.15) is 38.3 Å². The number of carbonyl (C=O) groups excluding carboxylic acids is 1. The van der Waals surface area contributed by atoms with Crippen molar-refractivity contribution in [2.45, 2.75) is 38.8 Å². The Morgan fingerprint density at radius 1 is 1.35 bits per heavy atom. The van der Waals surface area contributed by atoms with Crippen LogP contribution in [-0.4, -0.2) is 19.1 Å². The van der Waals surface area contributed by atoms with E-state index in [9.17, 15) is 4.79 Å². The van der Waals surface area contributed by atoms with E-state index in [1.807, 2.05) is 18.2 Å². The average molecular weight is 235 g/mol. The van der Waals surface area contributed by atoms with Crippen molar-refractivity contribution in [3.05, 3.63) is 35.9 Å². The molecule has 3 heteroatoms. The van der Waals surface area contributed by atoms with Crippen LogP contribution in [0.5, 0.6) is 0 Å². The molecule has 94 valence electrons. The van der Waals surface area contributed by atoms with Crippen molar-refractivity contribution < 1.29 is 9.53 Å². The first-order valence-corrected chi connectivity index (χ1v) is 6.05. The normalized spacial score (nSPS) is 14.1. The molecular formula is C14H21NO2. The first-order valence-electron chi connectivity index (χ1n) is 6.05.